The quantitative estimate of drug-likeness (QED) is 0.420. The zero-order valence-corrected chi connectivity index (χ0v) is 6.17. The van der Waals surface area contributed by atoms with Crippen molar-refractivity contribution in [3.05, 3.63) is 0 Å². The summed E-state index contributed by atoms with van der Waals surface area (Å²) in [7, 11) is 1.33. The summed E-state index contributed by atoms with van der Waals surface area (Å²) in [5, 5.41) is 27.3. The van der Waals surface area contributed by atoms with Gasteiger partial charge in [0.2, 0.25) is 0 Å². The molecule has 0 aromatic rings. The number of hydrogen-bond donors (Lipinski definition) is 3. The fourth-order valence-corrected chi connectivity index (χ4v) is 1.03. The first-order valence-corrected chi connectivity index (χ1v) is 3.35. The molecule has 0 amide bonds. The lowest BCUT2D eigenvalue weighted by Gasteiger charge is -2.34. The summed E-state index contributed by atoms with van der Waals surface area (Å²) >= 11 is 0. The minimum atomic E-state index is -1.15. The third kappa shape index (κ3) is 1.69. The normalized spacial score (nSPS) is 45.8. The lowest BCUT2D eigenvalue weighted by atomic mass is 10.1. The average Bonchev–Trinajstić information content (AvgIpc) is 1.99. The van der Waals surface area contributed by atoms with E-state index in [9.17, 15) is 5.11 Å². The van der Waals surface area contributed by atoms with Crippen LogP contribution in [0.1, 0.15) is 0 Å². The molecular weight excluding hydrogens is 152 g/mol. The van der Waals surface area contributed by atoms with Crippen molar-refractivity contribution in [3.63, 3.8) is 0 Å². The van der Waals surface area contributed by atoms with Crippen LogP contribution in [0, 0.1) is 0 Å². The fraction of sp³-hybridized carbons (Fsp3) is 1.00. The fourth-order valence-electron chi connectivity index (χ4n) is 1.03. The number of ether oxygens (including phenoxy) is 2. The molecular formula is C6H12O5. The zero-order chi connectivity index (χ0) is 8.43. The Balaban J connectivity index is 2.55. The van der Waals surface area contributed by atoms with Gasteiger partial charge in [-0.1, -0.05) is 0 Å². The summed E-state index contributed by atoms with van der Waals surface area (Å²) in [5.41, 5.74) is 0. The van der Waals surface area contributed by atoms with Gasteiger partial charge >= 0.3 is 0 Å². The molecule has 0 aromatic carbocycles. The molecule has 11 heavy (non-hydrogen) atoms. The molecule has 0 saturated carbocycles. The van der Waals surface area contributed by atoms with Crippen LogP contribution in [-0.2, 0) is 9.47 Å². The molecule has 0 radical (unpaired) electrons. The molecule has 1 fully saturated rings. The van der Waals surface area contributed by atoms with Crippen LogP contribution in [-0.4, -0.2) is 53.6 Å². The van der Waals surface area contributed by atoms with Crippen LogP contribution in [0.2, 0.25) is 0 Å². The van der Waals surface area contributed by atoms with Crippen molar-refractivity contribution in [1.82, 2.24) is 0 Å². The molecule has 1 aliphatic rings. The highest BCUT2D eigenvalue weighted by Gasteiger charge is 2.37. The third-order valence-corrected chi connectivity index (χ3v) is 1.72. The van der Waals surface area contributed by atoms with Crippen molar-refractivity contribution in [2.24, 2.45) is 0 Å². The summed E-state index contributed by atoms with van der Waals surface area (Å²) in [6, 6.07) is 0. The lowest BCUT2D eigenvalue weighted by molar-refractivity contribution is -0.258. The number of rotatable bonds is 1. The Morgan fingerprint density at radius 3 is 2.45 bits per heavy atom. The highest BCUT2D eigenvalue weighted by Crippen LogP contribution is 2.15. The van der Waals surface area contributed by atoms with Gasteiger partial charge < -0.3 is 24.8 Å². The molecule has 3 N–H and O–H groups in total. The van der Waals surface area contributed by atoms with Gasteiger partial charge in [-0.05, 0) is 0 Å². The molecule has 0 aromatic heterocycles. The van der Waals surface area contributed by atoms with Crippen molar-refractivity contribution in [2.45, 2.75) is 24.6 Å². The van der Waals surface area contributed by atoms with Gasteiger partial charge in [0.25, 0.3) is 0 Å². The average molecular weight is 164 g/mol. The van der Waals surface area contributed by atoms with Crippen LogP contribution in [0.4, 0.5) is 0 Å². The van der Waals surface area contributed by atoms with E-state index >= 15 is 0 Å². The van der Waals surface area contributed by atoms with Gasteiger partial charge in [0.15, 0.2) is 6.29 Å². The van der Waals surface area contributed by atoms with E-state index in [0.717, 1.165) is 0 Å². The van der Waals surface area contributed by atoms with E-state index in [1.54, 1.807) is 0 Å². The van der Waals surface area contributed by atoms with E-state index in [4.69, 9.17) is 14.9 Å². The Morgan fingerprint density at radius 1 is 1.36 bits per heavy atom. The van der Waals surface area contributed by atoms with Crippen molar-refractivity contribution >= 4 is 0 Å². The number of methoxy groups -OCH3 is 1. The van der Waals surface area contributed by atoms with E-state index in [0.29, 0.717) is 0 Å². The van der Waals surface area contributed by atoms with Crippen molar-refractivity contribution in [3.8, 4) is 0 Å². The lowest BCUT2D eigenvalue weighted by Crippen LogP contribution is -2.53. The van der Waals surface area contributed by atoms with Crippen LogP contribution in [0.3, 0.4) is 0 Å². The Hall–Kier alpha value is -0.200. The molecule has 66 valence electrons. The summed E-state index contributed by atoms with van der Waals surface area (Å²) in [6.45, 7) is -0.0673. The minimum absolute atomic E-state index is 0.0673. The maximum atomic E-state index is 9.19. The second-order valence-corrected chi connectivity index (χ2v) is 2.48. The Labute approximate surface area is 64.2 Å². The van der Waals surface area contributed by atoms with Crippen molar-refractivity contribution in [2.75, 3.05) is 13.7 Å². The van der Waals surface area contributed by atoms with E-state index < -0.39 is 24.6 Å². The SMILES string of the molecule is CO[C@H]1[C@@H](O)[C@@H](O)CO[C@@H]1O. The first-order valence-electron chi connectivity index (χ1n) is 3.35. The number of aliphatic hydroxyl groups is 3. The topological polar surface area (TPSA) is 79.2 Å². The second kappa shape index (κ2) is 3.46. The van der Waals surface area contributed by atoms with Crippen LogP contribution in [0.25, 0.3) is 0 Å². The number of hydrogen-bond acceptors (Lipinski definition) is 5. The predicted octanol–water partition coefficient (Wildman–Crippen LogP) is -1.93. The Kier molecular flexibility index (Phi) is 2.80. The van der Waals surface area contributed by atoms with Crippen molar-refractivity contribution in [1.29, 1.82) is 0 Å². The van der Waals surface area contributed by atoms with E-state index in [1.165, 1.54) is 7.11 Å². The summed E-state index contributed by atoms with van der Waals surface area (Å²) < 4.78 is 9.39. The van der Waals surface area contributed by atoms with Crippen LogP contribution in [0.5, 0.6) is 0 Å². The van der Waals surface area contributed by atoms with Gasteiger partial charge in [0.1, 0.15) is 18.3 Å². The molecule has 1 aliphatic heterocycles. The maximum absolute atomic E-state index is 9.19. The Morgan fingerprint density at radius 2 is 2.00 bits per heavy atom. The third-order valence-electron chi connectivity index (χ3n) is 1.72. The first kappa shape index (κ1) is 8.89. The van der Waals surface area contributed by atoms with Gasteiger partial charge in [-0.25, -0.2) is 0 Å². The van der Waals surface area contributed by atoms with Gasteiger partial charge in [0, 0.05) is 7.11 Å². The molecule has 1 heterocycles. The molecule has 1 saturated heterocycles. The molecule has 1 rings (SSSR count). The molecule has 0 unspecified atom stereocenters. The van der Waals surface area contributed by atoms with E-state index in [-0.39, 0.29) is 6.61 Å². The van der Waals surface area contributed by atoms with Crippen LogP contribution < -0.4 is 0 Å². The molecule has 0 aliphatic carbocycles. The van der Waals surface area contributed by atoms with Gasteiger partial charge in [-0.15, -0.1) is 0 Å². The highest BCUT2D eigenvalue weighted by molar-refractivity contribution is 4.82. The summed E-state index contributed by atoms with van der Waals surface area (Å²) in [4.78, 5) is 0. The summed E-state index contributed by atoms with van der Waals surface area (Å²) in [5.74, 6) is 0. The minimum Gasteiger partial charge on any atom is -0.388 e. The van der Waals surface area contributed by atoms with Gasteiger partial charge in [0.05, 0.1) is 6.61 Å². The summed E-state index contributed by atoms with van der Waals surface area (Å²) in [6.07, 6.45) is -4.08. The second-order valence-electron chi connectivity index (χ2n) is 2.48. The van der Waals surface area contributed by atoms with Crippen LogP contribution in [0.15, 0.2) is 0 Å². The Bertz CT molecular complexity index is 128. The van der Waals surface area contributed by atoms with Gasteiger partial charge in [-0.3, -0.25) is 0 Å². The number of aliphatic hydroxyl groups excluding tert-OH is 3. The first-order chi connectivity index (χ1) is 5.16. The van der Waals surface area contributed by atoms with Crippen LogP contribution >= 0.6 is 0 Å². The van der Waals surface area contributed by atoms with Crippen molar-refractivity contribution < 1.29 is 24.8 Å². The largest absolute Gasteiger partial charge is 0.388 e. The van der Waals surface area contributed by atoms with E-state index in [1.807, 2.05) is 0 Å². The molecule has 5 heteroatoms. The highest BCUT2D eigenvalue weighted by atomic mass is 16.6. The van der Waals surface area contributed by atoms with Gasteiger partial charge in [-0.2, -0.15) is 0 Å². The smallest absolute Gasteiger partial charge is 0.183 e. The monoisotopic (exact) mass is 164 g/mol. The molecule has 4 atom stereocenters. The molecule has 0 bridgehead atoms. The van der Waals surface area contributed by atoms with E-state index in [2.05, 4.69) is 4.74 Å². The molecule has 0 spiro atoms. The predicted molar refractivity (Wildman–Crippen MR) is 34.8 cm³/mol. The standard InChI is InChI=1S/C6H12O5/c1-10-5-4(8)3(7)2-11-6(5)9/h3-9H,2H2,1H3/t3-,4-,5-,6-/m0/s1. The maximum Gasteiger partial charge on any atom is 0.183 e. The zero-order valence-electron chi connectivity index (χ0n) is 6.17. The molecule has 5 nitrogen and oxygen atoms in total.